The molecule has 7 rings (SSSR count). The van der Waals surface area contributed by atoms with E-state index in [-0.39, 0.29) is 103 Å². The first kappa shape index (κ1) is 57.4. The summed E-state index contributed by atoms with van der Waals surface area (Å²) < 4.78 is 31.9. The highest BCUT2D eigenvalue weighted by Gasteiger charge is 2.50. The summed E-state index contributed by atoms with van der Waals surface area (Å²) in [5.41, 5.74) is 3.20. The highest BCUT2D eigenvalue weighted by Crippen LogP contribution is 2.52. The first-order valence-corrected chi connectivity index (χ1v) is 28.9. The number of hydrogen-bond acceptors (Lipinski definition) is 10. The first-order valence-electron chi connectivity index (χ1n) is 26.6. The van der Waals surface area contributed by atoms with Crippen molar-refractivity contribution in [3.8, 4) is 11.5 Å². The molecule has 3 fully saturated rings. The number of carbonyl (C=O) groups is 4. The number of nitrogens with one attached hydrogen (secondary N) is 1. The standard InChI is InChI=1S/C60H77N4O9PS/c1-40(2)56(41(3)4)74(72-35-34-61-8)73-51-36-47(38-71-60(44-16-12-11-13-17-44,45-24-29-49(69-9)30-25-45)46-26-31-50(70-10)32-27-46)63(37-51)54(66)33-28-48(65)18-14-15-19-53-55-52(39-75-53)64(58(68)62-55)57(67)42-20-22-43(23-21-42)59(5,6)7/h11-13,16-17,20-27,29-32,40-41,47,51-53,55-56H,14-15,18-19,28,33-39H2,1-7,9-10H3,(H,62,68)/t47-,51+,52-,53-,55-,74?/m0/s1. The highest BCUT2D eigenvalue weighted by molar-refractivity contribution is 8.00. The maximum absolute atomic E-state index is 14.6. The van der Waals surface area contributed by atoms with Gasteiger partial charge in [-0.1, -0.05) is 122 Å². The van der Waals surface area contributed by atoms with E-state index in [2.05, 4.69) is 70.8 Å². The lowest BCUT2D eigenvalue weighted by Crippen LogP contribution is -2.42. The zero-order valence-electron chi connectivity index (χ0n) is 45.3. The molecule has 3 saturated heterocycles. The molecule has 4 aromatic rings. The van der Waals surface area contributed by atoms with Gasteiger partial charge in [-0.3, -0.25) is 19.3 Å². The summed E-state index contributed by atoms with van der Waals surface area (Å²) in [7, 11) is 1.85. The number of urea groups is 1. The van der Waals surface area contributed by atoms with Crippen LogP contribution in [0.2, 0.25) is 0 Å². The van der Waals surface area contributed by atoms with Crippen molar-refractivity contribution in [1.82, 2.24) is 15.1 Å². The Morgan fingerprint density at radius 3 is 1.97 bits per heavy atom. The Labute approximate surface area is 450 Å². The minimum atomic E-state index is -1.43. The van der Waals surface area contributed by atoms with Gasteiger partial charge in [-0.2, -0.15) is 11.8 Å². The van der Waals surface area contributed by atoms with E-state index in [1.54, 1.807) is 26.0 Å². The molecule has 13 nitrogen and oxygen atoms in total. The molecule has 0 aliphatic carbocycles. The molecule has 3 aliphatic rings. The average molecular weight is 1060 g/mol. The third kappa shape index (κ3) is 13.8. The van der Waals surface area contributed by atoms with E-state index in [4.69, 9.17) is 29.8 Å². The molecule has 0 saturated carbocycles. The van der Waals surface area contributed by atoms with E-state index in [0.717, 1.165) is 35.1 Å². The van der Waals surface area contributed by atoms with Crippen LogP contribution < -0.4 is 14.8 Å². The number of fused-ring (bicyclic) bond motifs is 1. The van der Waals surface area contributed by atoms with Gasteiger partial charge in [-0.25, -0.2) is 11.4 Å². The van der Waals surface area contributed by atoms with Crippen LogP contribution in [-0.4, -0.2) is 115 Å². The van der Waals surface area contributed by atoms with E-state index in [0.29, 0.717) is 48.6 Å². The molecule has 1 N–H and O–H groups in total. The highest BCUT2D eigenvalue weighted by atomic mass is 32.2. The van der Waals surface area contributed by atoms with Gasteiger partial charge in [0.15, 0.2) is 8.38 Å². The summed E-state index contributed by atoms with van der Waals surface area (Å²) in [6, 6.07) is 32.2. The number of amides is 4. The molecule has 1 unspecified atom stereocenters. The SMILES string of the molecule is [C-]#[N+]CCOP(O[C@@H]1C[C@@H](COC(c2ccccc2)(c2ccc(OC)cc2)c2ccc(OC)cc2)N(C(=O)CCC(=O)CCCC[C@@H]2SC[C@H]3[C@@H]2NC(=O)N3C(=O)c2ccc(C(C)(C)C)cc2)C1)C(C(C)C)C(C)C. The second-order valence-corrected chi connectivity index (χ2v) is 24.6. The van der Waals surface area contributed by atoms with Crippen molar-refractivity contribution < 1.29 is 42.4 Å². The quantitative estimate of drug-likeness (QED) is 0.0224. The molecule has 3 heterocycles. The van der Waals surface area contributed by atoms with Crippen molar-refractivity contribution in [2.75, 3.05) is 46.3 Å². The Kier molecular flexibility index (Phi) is 20.0. The third-order valence-corrected chi connectivity index (χ3v) is 18.9. The average Bonchev–Trinajstić information content (AvgIpc) is 4.10. The van der Waals surface area contributed by atoms with Gasteiger partial charge in [-0.05, 0) is 95.2 Å². The fraction of sp³-hybridized carbons (Fsp3) is 0.517. The number of ether oxygens (including phenoxy) is 3. The number of likely N-dealkylation sites (tertiary alicyclic amines) is 1. The van der Waals surface area contributed by atoms with Crippen molar-refractivity contribution in [2.45, 2.75) is 140 Å². The Hall–Kier alpha value is -5.29. The minimum absolute atomic E-state index is 0.0269. The maximum Gasteiger partial charge on any atom is 0.325 e. The number of hydrogen-bond donors (Lipinski definition) is 1. The van der Waals surface area contributed by atoms with Crippen molar-refractivity contribution in [1.29, 1.82) is 0 Å². The van der Waals surface area contributed by atoms with Gasteiger partial charge in [0.1, 0.15) is 29.5 Å². The number of methoxy groups -OCH3 is 2. The van der Waals surface area contributed by atoms with Crippen LogP contribution in [0.3, 0.4) is 0 Å². The zero-order chi connectivity index (χ0) is 53.9. The van der Waals surface area contributed by atoms with Crippen molar-refractivity contribution in [3.63, 3.8) is 0 Å². The number of nitrogens with zero attached hydrogens (tertiary/aromatic N) is 3. The van der Waals surface area contributed by atoms with Crippen LogP contribution in [-0.2, 0) is 34.4 Å². The molecular formula is C60H77N4O9PS. The van der Waals surface area contributed by atoms with Gasteiger partial charge in [0, 0.05) is 48.0 Å². The first-order chi connectivity index (χ1) is 36.0. The Morgan fingerprint density at radius 2 is 1.40 bits per heavy atom. The van der Waals surface area contributed by atoms with Crippen molar-refractivity contribution in [2.24, 2.45) is 11.8 Å². The normalized spacial score (nSPS) is 20.1. The lowest BCUT2D eigenvalue weighted by atomic mass is 9.80. The van der Waals surface area contributed by atoms with Gasteiger partial charge in [0.2, 0.25) is 12.5 Å². The predicted molar refractivity (Wildman–Crippen MR) is 297 cm³/mol. The molecule has 4 aromatic carbocycles. The summed E-state index contributed by atoms with van der Waals surface area (Å²) in [6.07, 6.45) is 2.88. The number of carbonyl (C=O) groups excluding carboxylic acids is 4. The van der Waals surface area contributed by atoms with E-state index < -0.39 is 20.0 Å². The van der Waals surface area contributed by atoms with E-state index >= 15 is 0 Å². The summed E-state index contributed by atoms with van der Waals surface area (Å²) in [5, 5.41) is 3.23. The molecule has 15 heteroatoms. The molecule has 75 heavy (non-hydrogen) atoms. The summed E-state index contributed by atoms with van der Waals surface area (Å²) >= 11 is 1.77. The molecular weight excluding hydrogens is 984 g/mol. The van der Waals surface area contributed by atoms with E-state index in [9.17, 15) is 19.2 Å². The van der Waals surface area contributed by atoms with Gasteiger partial charge in [0.25, 0.3) is 5.91 Å². The van der Waals surface area contributed by atoms with Crippen LogP contribution in [0.1, 0.15) is 126 Å². The molecule has 0 bridgehead atoms. The monoisotopic (exact) mass is 1060 g/mol. The van der Waals surface area contributed by atoms with E-state index in [1.165, 1.54) is 4.90 Å². The van der Waals surface area contributed by atoms with Crippen LogP contribution in [0.5, 0.6) is 11.5 Å². The number of rotatable bonds is 25. The van der Waals surface area contributed by atoms with Gasteiger partial charge < -0.3 is 38.3 Å². The fourth-order valence-corrected chi connectivity index (χ4v) is 14.5. The van der Waals surface area contributed by atoms with Crippen LogP contribution in [0.25, 0.3) is 4.85 Å². The summed E-state index contributed by atoms with van der Waals surface area (Å²) in [5.74, 6) is 2.21. The van der Waals surface area contributed by atoms with E-state index in [1.807, 2.05) is 95.9 Å². The van der Waals surface area contributed by atoms with Crippen molar-refractivity contribution >= 4 is 43.8 Å². The maximum atomic E-state index is 14.6. The van der Waals surface area contributed by atoms with Gasteiger partial charge in [-0.15, -0.1) is 0 Å². The Morgan fingerprint density at radius 1 is 0.800 bits per heavy atom. The van der Waals surface area contributed by atoms with Crippen LogP contribution >= 0.6 is 20.1 Å². The van der Waals surface area contributed by atoms with Crippen LogP contribution in [0.15, 0.2) is 103 Å². The summed E-state index contributed by atoms with van der Waals surface area (Å²) in [6.45, 7) is 23.4. The molecule has 6 atom stereocenters. The largest absolute Gasteiger partial charge is 0.497 e. The van der Waals surface area contributed by atoms with Crippen LogP contribution in [0.4, 0.5) is 4.79 Å². The molecule has 0 aromatic heterocycles. The second kappa shape index (κ2) is 26.2. The number of benzene rings is 4. The molecule has 4 amide bonds. The smallest absolute Gasteiger partial charge is 0.325 e. The molecule has 0 radical (unpaired) electrons. The number of unbranched alkanes of at least 4 members (excludes halogenated alkanes) is 1. The number of ketones is 1. The number of imide groups is 1. The molecule has 402 valence electrons. The van der Waals surface area contributed by atoms with Crippen molar-refractivity contribution in [3.05, 3.63) is 142 Å². The van der Waals surface area contributed by atoms with Gasteiger partial charge >= 0.3 is 6.03 Å². The van der Waals surface area contributed by atoms with Crippen LogP contribution in [0, 0.1) is 18.4 Å². The fourth-order valence-electron chi connectivity index (χ4n) is 10.9. The van der Waals surface area contributed by atoms with Gasteiger partial charge in [0.05, 0.1) is 45.1 Å². The Balaban J connectivity index is 1.03. The topological polar surface area (TPSA) is 137 Å². The number of thioether (sulfide) groups is 1. The zero-order valence-corrected chi connectivity index (χ0v) is 47.0. The lowest BCUT2D eigenvalue weighted by molar-refractivity contribution is -0.136. The second-order valence-electron chi connectivity index (χ2n) is 21.7. The molecule has 3 aliphatic heterocycles. The summed E-state index contributed by atoms with van der Waals surface area (Å²) in [4.78, 5) is 61.8. The lowest BCUT2D eigenvalue weighted by Gasteiger charge is -2.38. The number of Topliss-reactive ketones (excluding diaryl/α,β-unsaturated/α-hetero) is 1. The molecule has 0 spiro atoms. The minimum Gasteiger partial charge on any atom is -0.497 e. The predicted octanol–water partition coefficient (Wildman–Crippen LogP) is 11.9. The Bertz CT molecular complexity index is 2510. The third-order valence-electron chi connectivity index (χ3n) is 14.8.